The fourth-order valence-corrected chi connectivity index (χ4v) is 5.19. The van der Waals surface area contributed by atoms with Crippen molar-refractivity contribution in [3.8, 4) is 0 Å². The smallest absolute Gasteiger partial charge is 0.123 e. The van der Waals surface area contributed by atoms with E-state index in [4.69, 9.17) is 4.99 Å². The molecule has 0 spiro atoms. The molecule has 4 heteroatoms. The molecule has 0 radical (unpaired) electrons. The van der Waals surface area contributed by atoms with Crippen molar-refractivity contribution >= 4 is 34.3 Å². The van der Waals surface area contributed by atoms with Crippen LogP contribution in [0.25, 0.3) is 0 Å². The lowest BCUT2D eigenvalue weighted by molar-refractivity contribution is 0.357. The summed E-state index contributed by atoms with van der Waals surface area (Å²) in [6.07, 6.45) is 8.85. The lowest BCUT2D eigenvalue weighted by Crippen LogP contribution is -2.18. The zero-order chi connectivity index (χ0) is 18.9. The Balaban J connectivity index is 1.69. The Morgan fingerprint density at radius 1 is 1.04 bits per heavy atom. The number of nitrogens with zero attached hydrogens (tertiary/aromatic N) is 1. The molecule has 0 amide bonds. The SMILES string of the molecule is CC(SC(/C=C/Sc1ccc(F)cc1)=Nc1ccccc1)C1CCCCC1. The van der Waals surface area contributed by atoms with Crippen LogP contribution < -0.4 is 0 Å². The largest absolute Gasteiger partial charge is 0.242 e. The van der Waals surface area contributed by atoms with Crippen LogP contribution in [0.5, 0.6) is 0 Å². The molecule has 1 atom stereocenters. The summed E-state index contributed by atoms with van der Waals surface area (Å²) < 4.78 is 13.0. The van der Waals surface area contributed by atoms with Crippen molar-refractivity contribution in [1.82, 2.24) is 0 Å². The molecule has 0 saturated heterocycles. The lowest BCUT2D eigenvalue weighted by Gasteiger charge is -2.27. The summed E-state index contributed by atoms with van der Waals surface area (Å²) in [5.74, 6) is 0.578. The zero-order valence-corrected chi connectivity index (χ0v) is 17.3. The van der Waals surface area contributed by atoms with Crippen LogP contribution in [0, 0.1) is 11.7 Å². The molecule has 1 nitrogen and oxygen atoms in total. The molecule has 1 saturated carbocycles. The highest BCUT2D eigenvalue weighted by Gasteiger charge is 2.21. The van der Waals surface area contributed by atoms with Gasteiger partial charge in [-0.15, -0.1) is 11.8 Å². The molecule has 0 N–H and O–H groups in total. The van der Waals surface area contributed by atoms with E-state index in [1.807, 2.05) is 42.1 Å². The first kappa shape index (κ1) is 20.2. The lowest BCUT2D eigenvalue weighted by atomic mass is 9.87. The quantitative estimate of drug-likeness (QED) is 0.278. The van der Waals surface area contributed by atoms with Gasteiger partial charge in [-0.05, 0) is 66.6 Å². The third kappa shape index (κ3) is 6.86. The predicted octanol–water partition coefficient (Wildman–Crippen LogP) is 7.86. The second kappa shape index (κ2) is 10.7. The maximum absolute atomic E-state index is 13.0. The van der Waals surface area contributed by atoms with Crippen molar-refractivity contribution in [1.29, 1.82) is 0 Å². The van der Waals surface area contributed by atoms with Gasteiger partial charge in [-0.3, -0.25) is 0 Å². The molecule has 2 aromatic rings. The van der Waals surface area contributed by atoms with Crippen LogP contribution in [0.3, 0.4) is 0 Å². The van der Waals surface area contributed by atoms with Crippen molar-refractivity contribution in [2.45, 2.75) is 49.2 Å². The third-order valence-electron chi connectivity index (χ3n) is 4.84. The highest BCUT2D eigenvalue weighted by atomic mass is 32.2. The maximum atomic E-state index is 13.0. The van der Waals surface area contributed by atoms with Crippen LogP contribution in [0.4, 0.5) is 10.1 Å². The van der Waals surface area contributed by atoms with E-state index in [0.29, 0.717) is 5.25 Å². The molecular formula is C23H26FNS2. The average molecular weight is 400 g/mol. The van der Waals surface area contributed by atoms with Gasteiger partial charge < -0.3 is 0 Å². The second-order valence-corrected chi connectivity index (χ2v) is 9.26. The van der Waals surface area contributed by atoms with E-state index in [0.717, 1.165) is 21.5 Å². The summed E-state index contributed by atoms with van der Waals surface area (Å²) in [6, 6.07) is 16.7. The molecule has 3 rings (SSSR count). The molecule has 2 aromatic carbocycles. The number of benzene rings is 2. The van der Waals surface area contributed by atoms with Crippen molar-refractivity contribution < 1.29 is 4.39 Å². The Morgan fingerprint density at radius 2 is 1.74 bits per heavy atom. The van der Waals surface area contributed by atoms with Crippen LogP contribution in [-0.2, 0) is 0 Å². The average Bonchev–Trinajstić information content (AvgIpc) is 2.71. The number of halogens is 1. The van der Waals surface area contributed by atoms with E-state index in [1.54, 1.807) is 23.9 Å². The van der Waals surface area contributed by atoms with Gasteiger partial charge >= 0.3 is 0 Å². The van der Waals surface area contributed by atoms with Crippen LogP contribution >= 0.6 is 23.5 Å². The standard InChI is InChI=1S/C23H26FNS2/c1-18(19-8-4-2-5-9-19)27-23(25-21-10-6-3-7-11-21)16-17-26-22-14-12-20(24)13-15-22/h3,6-7,10-19H,2,4-5,8-9H2,1H3/b17-16+,25-23?. The summed E-state index contributed by atoms with van der Waals surface area (Å²) >= 11 is 3.46. The van der Waals surface area contributed by atoms with Crippen molar-refractivity contribution in [2.75, 3.05) is 0 Å². The van der Waals surface area contributed by atoms with Crippen molar-refractivity contribution in [3.63, 3.8) is 0 Å². The van der Waals surface area contributed by atoms with E-state index < -0.39 is 0 Å². The molecule has 0 aromatic heterocycles. The Morgan fingerprint density at radius 3 is 2.44 bits per heavy atom. The summed E-state index contributed by atoms with van der Waals surface area (Å²) in [6.45, 7) is 2.34. The normalized spacial score (nSPS) is 17.3. The number of para-hydroxylation sites is 1. The Kier molecular flexibility index (Phi) is 8.03. The molecule has 1 unspecified atom stereocenters. The van der Waals surface area contributed by atoms with Gasteiger partial charge in [0, 0.05) is 10.1 Å². The predicted molar refractivity (Wildman–Crippen MR) is 119 cm³/mol. The van der Waals surface area contributed by atoms with Gasteiger partial charge in [0.05, 0.1) is 10.7 Å². The summed E-state index contributed by atoms with van der Waals surface area (Å²) in [5, 5.41) is 3.65. The molecule has 27 heavy (non-hydrogen) atoms. The fraction of sp³-hybridized carbons (Fsp3) is 0.348. The van der Waals surface area contributed by atoms with E-state index in [1.165, 1.54) is 44.2 Å². The minimum Gasteiger partial charge on any atom is -0.242 e. The molecular weight excluding hydrogens is 373 g/mol. The highest BCUT2D eigenvalue weighted by Crippen LogP contribution is 2.34. The van der Waals surface area contributed by atoms with Crippen LogP contribution in [0.15, 0.2) is 76.0 Å². The Hall–Kier alpha value is -1.52. The van der Waals surface area contributed by atoms with E-state index >= 15 is 0 Å². The first-order valence-corrected chi connectivity index (χ1v) is 11.4. The Bertz CT molecular complexity index is 750. The van der Waals surface area contributed by atoms with E-state index in [-0.39, 0.29) is 5.82 Å². The van der Waals surface area contributed by atoms with Crippen molar-refractivity contribution in [3.05, 3.63) is 71.9 Å². The zero-order valence-electron chi connectivity index (χ0n) is 15.7. The van der Waals surface area contributed by atoms with Crippen LogP contribution in [0.1, 0.15) is 39.0 Å². The number of thioether (sulfide) groups is 2. The van der Waals surface area contributed by atoms with Gasteiger partial charge in [0.15, 0.2) is 0 Å². The number of rotatable bonds is 6. The minimum atomic E-state index is -0.202. The van der Waals surface area contributed by atoms with Gasteiger partial charge in [-0.1, -0.05) is 56.1 Å². The molecule has 0 heterocycles. The first-order valence-electron chi connectivity index (χ1n) is 9.60. The topological polar surface area (TPSA) is 12.4 Å². The van der Waals surface area contributed by atoms with Gasteiger partial charge in [-0.2, -0.15) is 0 Å². The van der Waals surface area contributed by atoms with Crippen molar-refractivity contribution in [2.24, 2.45) is 10.9 Å². The van der Waals surface area contributed by atoms with Gasteiger partial charge in [0.2, 0.25) is 0 Å². The second-order valence-electron chi connectivity index (χ2n) is 6.88. The van der Waals surface area contributed by atoms with Crippen LogP contribution in [-0.4, -0.2) is 10.3 Å². The number of aliphatic imine (C=N–C) groups is 1. The van der Waals surface area contributed by atoms with E-state index in [9.17, 15) is 4.39 Å². The van der Waals surface area contributed by atoms with Gasteiger partial charge in [0.1, 0.15) is 5.82 Å². The van der Waals surface area contributed by atoms with Crippen LogP contribution in [0.2, 0.25) is 0 Å². The molecule has 1 fully saturated rings. The Labute approximate surface area is 170 Å². The number of hydrogen-bond acceptors (Lipinski definition) is 3. The fourth-order valence-electron chi connectivity index (χ4n) is 3.31. The minimum absolute atomic E-state index is 0.202. The molecule has 1 aliphatic rings. The molecule has 0 aliphatic heterocycles. The van der Waals surface area contributed by atoms with Gasteiger partial charge in [0.25, 0.3) is 0 Å². The number of hydrogen-bond donors (Lipinski definition) is 0. The summed E-state index contributed by atoms with van der Waals surface area (Å²) in [5.41, 5.74) is 0.979. The highest BCUT2D eigenvalue weighted by molar-refractivity contribution is 8.15. The molecule has 142 valence electrons. The molecule has 0 bridgehead atoms. The van der Waals surface area contributed by atoms with E-state index in [2.05, 4.69) is 18.4 Å². The monoisotopic (exact) mass is 399 g/mol. The van der Waals surface area contributed by atoms with Gasteiger partial charge in [-0.25, -0.2) is 9.38 Å². The maximum Gasteiger partial charge on any atom is 0.123 e. The molecule has 1 aliphatic carbocycles. The third-order valence-corrected chi connectivity index (χ3v) is 6.89. The summed E-state index contributed by atoms with van der Waals surface area (Å²) in [7, 11) is 0. The first-order chi connectivity index (χ1) is 13.2. The summed E-state index contributed by atoms with van der Waals surface area (Å²) in [4.78, 5) is 5.88.